The molecule has 50 valence electrons. The Morgan fingerprint density at radius 2 is 2.40 bits per heavy atom. The summed E-state index contributed by atoms with van der Waals surface area (Å²) in [6.07, 6.45) is 0. The molecule has 0 aromatic carbocycles. The third kappa shape index (κ3) is 0.925. The fourth-order valence-electron chi connectivity index (χ4n) is 0.409. The Morgan fingerprint density at radius 1 is 1.70 bits per heavy atom. The summed E-state index contributed by atoms with van der Waals surface area (Å²) in [6, 6.07) is 1.61. The van der Waals surface area contributed by atoms with Crippen LogP contribution in [0.2, 0.25) is 0 Å². The maximum Gasteiger partial charge on any atom is 0.373 e. The number of rotatable bonds is 1. The van der Waals surface area contributed by atoms with E-state index in [0.717, 1.165) is 0 Å². The van der Waals surface area contributed by atoms with Crippen molar-refractivity contribution in [2.75, 3.05) is 0 Å². The van der Waals surface area contributed by atoms with Crippen molar-refractivity contribution in [2.45, 2.75) is 0 Å². The van der Waals surface area contributed by atoms with Gasteiger partial charge in [-0.05, 0) is 0 Å². The van der Waals surface area contributed by atoms with Gasteiger partial charge in [0.15, 0.2) is 0 Å². The molecule has 0 saturated carbocycles. The van der Waals surface area contributed by atoms with Crippen molar-refractivity contribution in [3.63, 3.8) is 0 Å². The van der Waals surface area contributed by atoms with Crippen LogP contribution in [0, 0.1) is 11.3 Å². The minimum Gasteiger partial charge on any atom is -0.475 e. The smallest absolute Gasteiger partial charge is 0.373 e. The molecule has 2 N–H and O–H groups in total. The van der Waals surface area contributed by atoms with Crippen LogP contribution < -0.4 is 0 Å². The maximum atomic E-state index is 10.1. The van der Waals surface area contributed by atoms with E-state index in [2.05, 4.69) is 15.2 Å². The van der Waals surface area contributed by atoms with Crippen LogP contribution in [-0.4, -0.2) is 26.3 Å². The summed E-state index contributed by atoms with van der Waals surface area (Å²) >= 11 is 0. The Kier molecular flexibility index (Phi) is 1.33. The predicted molar refractivity (Wildman–Crippen MR) is 28.1 cm³/mol. The number of H-pyrrole nitrogens is 1. The van der Waals surface area contributed by atoms with Crippen LogP contribution in [0.5, 0.6) is 0 Å². The average molecular weight is 138 g/mol. The zero-order valence-electron chi connectivity index (χ0n) is 4.70. The standard InChI is InChI=1S/C4H2N4O2/c5-1-2-6-3(4(9)10)8-7-2/h(H,9,10)(H,6,7,8). The number of aromatic carboxylic acids is 1. The highest BCUT2D eigenvalue weighted by Crippen LogP contribution is 1.88. The molecule has 1 aromatic heterocycles. The van der Waals surface area contributed by atoms with Crippen molar-refractivity contribution in [1.82, 2.24) is 15.2 Å². The van der Waals surface area contributed by atoms with Crippen LogP contribution in [0.25, 0.3) is 0 Å². The SMILES string of the molecule is N#Cc1nnc(C(=O)O)[nH]1. The molecular weight excluding hydrogens is 136 g/mol. The van der Waals surface area contributed by atoms with E-state index in [4.69, 9.17) is 10.4 Å². The van der Waals surface area contributed by atoms with Gasteiger partial charge in [-0.1, -0.05) is 0 Å². The third-order valence-corrected chi connectivity index (χ3v) is 0.795. The number of aromatic amines is 1. The molecule has 0 aliphatic heterocycles. The Hall–Kier alpha value is -1.90. The van der Waals surface area contributed by atoms with Gasteiger partial charge in [0.05, 0.1) is 0 Å². The van der Waals surface area contributed by atoms with E-state index < -0.39 is 5.97 Å². The molecule has 1 heterocycles. The second-order valence-corrected chi connectivity index (χ2v) is 1.44. The number of hydrogen-bond acceptors (Lipinski definition) is 4. The molecule has 10 heavy (non-hydrogen) atoms. The summed E-state index contributed by atoms with van der Waals surface area (Å²) in [4.78, 5) is 12.3. The highest BCUT2D eigenvalue weighted by atomic mass is 16.4. The zero-order valence-corrected chi connectivity index (χ0v) is 4.70. The van der Waals surface area contributed by atoms with Gasteiger partial charge >= 0.3 is 5.97 Å². The number of nitrogens with one attached hydrogen (secondary N) is 1. The summed E-state index contributed by atoms with van der Waals surface area (Å²) in [7, 11) is 0. The molecule has 1 rings (SSSR count). The first-order valence-corrected chi connectivity index (χ1v) is 2.30. The normalized spacial score (nSPS) is 8.70. The molecule has 0 fully saturated rings. The van der Waals surface area contributed by atoms with Crippen molar-refractivity contribution >= 4 is 5.97 Å². The van der Waals surface area contributed by atoms with Gasteiger partial charge in [0.1, 0.15) is 6.07 Å². The van der Waals surface area contributed by atoms with Gasteiger partial charge in [0, 0.05) is 0 Å². The van der Waals surface area contributed by atoms with Crippen molar-refractivity contribution in [3.05, 3.63) is 11.6 Å². The molecule has 0 aliphatic rings. The molecule has 1 aromatic rings. The maximum absolute atomic E-state index is 10.1. The van der Waals surface area contributed by atoms with Crippen molar-refractivity contribution in [2.24, 2.45) is 0 Å². The highest BCUT2D eigenvalue weighted by molar-refractivity contribution is 5.82. The number of carbonyl (C=O) groups is 1. The first-order chi connectivity index (χ1) is 4.74. The number of hydrogen-bond donors (Lipinski definition) is 2. The lowest BCUT2D eigenvalue weighted by Gasteiger charge is -1.78. The van der Waals surface area contributed by atoms with Crippen molar-refractivity contribution < 1.29 is 9.90 Å². The highest BCUT2D eigenvalue weighted by Gasteiger charge is 2.07. The quantitative estimate of drug-likeness (QED) is 0.538. The lowest BCUT2D eigenvalue weighted by Crippen LogP contribution is -1.98. The molecule has 6 heteroatoms. The molecule has 6 nitrogen and oxygen atoms in total. The summed E-state index contributed by atoms with van der Waals surface area (Å²) < 4.78 is 0. The van der Waals surface area contributed by atoms with Crippen LogP contribution in [0.1, 0.15) is 16.4 Å². The number of aromatic nitrogens is 3. The fraction of sp³-hybridized carbons (Fsp3) is 0. The van der Waals surface area contributed by atoms with Gasteiger partial charge in [-0.15, -0.1) is 10.2 Å². The van der Waals surface area contributed by atoms with Crippen LogP contribution >= 0.6 is 0 Å². The topological polar surface area (TPSA) is 103 Å². The second-order valence-electron chi connectivity index (χ2n) is 1.44. The molecule has 0 spiro atoms. The Bertz CT molecular complexity index is 296. The lowest BCUT2D eigenvalue weighted by atomic mass is 10.6. The minimum absolute atomic E-state index is 0.0996. The molecule has 0 atom stereocenters. The van der Waals surface area contributed by atoms with E-state index in [1.807, 2.05) is 0 Å². The predicted octanol–water partition coefficient (Wildman–Crippen LogP) is -0.625. The Morgan fingerprint density at radius 3 is 2.70 bits per heavy atom. The van der Waals surface area contributed by atoms with E-state index >= 15 is 0 Å². The average Bonchev–Trinajstić information content (AvgIpc) is 2.34. The molecule has 0 radical (unpaired) electrons. The van der Waals surface area contributed by atoms with E-state index in [1.165, 1.54) is 0 Å². The van der Waals surface area contributed by atoms with Crippen molar-refractivity contribution in [3.8, 4) is 6.07 Å². The largest absolute Gasteiger partial charge is 0.475 e. The second kappa shape index (κ2) is 2.14. The summed E-state index contributed by atoms with van der Waals surface area (Å²) in [6.45, 7) is 0. The molecule has 0 unspecified atom stereocenters. The molecule has 0 aliphatic carbocycles. The first-order valence-electron chi connectivity index (χ1n) is 2.30. The van der Waals surface area contributed by atoms with Crippen LogP contribution in [0.3, 0.4) is 0 Å². The number of carboxylic acid groups (broad SMARTS) is 1. The van der Waals surface area contributed by atoms with Crippen LogP contribution in [0.4, 0.5) is 0 Å². The molecular formula is C4H2N4O2. The van der Waals surface area contributed by atoms with Gasteiger partial charge < -0.3 is 10.1 Å². The third-order valence-electron chi connectivity index (χ3n) is 0.795. The Balaban J connectivity index is 3.02. The van der Waals surface area contributed by atoms with Gasteiger partial charge in [-0.3, -0.25) is 0 Å². The van der Waals surface area contributed by atoms with Crippen LogP contribution in [-0.2, 0) is 0 Å². The number of nitrogens with zero attached hydrogens (tertiary/aromatic N) is 3. The lowest BCUT2D eigenvalue weighted by molar-refractivity contribution is 0.0684. The van der Waals surface area contributed by atoms with Crippen LogP contribution in [0.15, 0.2) is 0 Å². The summed E-state index contributed by atoms with van der Waals surface area (Å²) in [5, 5.41) is 22.8. The minimum atomic E-state index is -1.23. The molecule has 0 bridgehead atoms. The number of nitriles is 1. The fourth-order valence-corrected chi connectivity index (χ4v) is 0.409. The first kappa shape index (κ1) is 6.22. The van der Waals surface area contributed by atoms with Gasteiger partial charge in [-0.25, -0.2) is 4.79 Å². The summed E-state index contributed by atoms with van der Waals surface area (Å²) in [5.41, 5.74) is 0. The molecule has 0 amide bonds. The number of carboxylic acids is 1. The van der Waals surface area contributed by atoms with E-state index in [-0.39, 0.29) is 11.6 Å². The molecule has 0 saturated heterocycles. The summed E-state index contributed by atoms with van der Waals surface area (Å²) in [5.74, 6) is -1.65. The van der Waals surface area contributed by atoms with Gasteiger partial charge in [-0.2, -0.15) is 5.26 Å². The monoisotopic (exact) mass is 138 g/mol. The van der Waals surface area contributed by atoms with Gasteiger partial charge in [0.2, 0.25) is 11.6 Å². The Labute approximate surface area is 55.1 Å². The zero-order chi connectivity index (χ0) is 7.56. The van der Waals surface area contributed by atoms with Crippen molar-refractivity contribution in [1.29, 1.82) is 5.26 Å². The van der Waals surface area contributed by atoms with E-state index in [9.17, 15) is 4.79 Å². The van der Waals surface area contributed by atoms with E-state index in [0.29, 0.717) is 0 Å². The van der Waals surface area contributed by atoms with Gasteiger partial charge in [0.25, 0.3) is 0 Å². The van der Waals surface area contributed by atoms with E-state index in [1.54, 1.807) is 6.07 Å².